The molecule has 4 rings (SSSR count). The molecule has 2 heterocycles. The van der Waals surface area contributed by atoms with Crippen molar-refractivity contribution in [2.45, 2.75) is 52.4 Å². The summed E-state index contributed by atoms with van der Waals surface area (Å²) in [5.41, 5.74) is 3.27. The van der Waals surface area contributed by atoms with E-state index in [1.807, 2.05) is 102 Å². The third-order valence-corrected chi connectivity index (χ3v) is 5.12. The number of halogens is 3. The van der Waals surface area contributed by atoms with Crippen LogP contribution in [-0.2, 0) is 10.8 Å². The van der Waals surface area contributed by atoms with Crippen LogP contribution in [0.1, 0.15) is 52.7 Å². The van der Waals surface area contributed by atoms with Crippen molar-refractivity contribution in [1.29, 1.82) is 0 Å². The molecule has 0 aliphatic heterocycles. The van der Waals surface area contributed by atoms with Crippen molar-refractivity contribution in [2.75, 3.05) is 0 Å². The topological polar surface area (TPSA) is 65.7 Å². The predicted octanol–water partition coefficient (Wildman–Crippen LogP) is 8.04. The van der Waals surface area contributed by atoms with Crippen LogP contribution < -0.4 is 11.1 Å². The summed E-state index contributed by atoms with van der Waals surface area (Å²) in [5.74, 6) is 0. The Morgan fingerprint density at radius 1 is 0.606 bits per heavy atom. The maximum absolute atomic E-state index is 11.8. The monoisotopic (exact) mass is 784 g/mol. The molecule has 0 aliphatic rings. The average molecular weight is 784 g/mol. The van der Waals surface area contributed by atoms with E-state index in [2.05, 4.69) is 47.2 Å². The third-order valence-electron chi connectivity index (χ3n) is 5.12. The van der Waals surface area contributed by atoms with Crippen molar-refractivity contribution in [3.8, 4) is 0 Å². The lowest BCUT2D eigenvalue weighted by molar-refractivity contribution is 0.582. The van der Waals surface area contributed by atoms with Gasteiger partial charge in [0.15, 0.2) is 0 Å². The molecule has 0 amide bonds. The number of H-pyrrole nitrogens is 2. The highest BCUT2D eigenvalue weighted by molar-refractivity contribution is 15.0. The quantitative estimate of drug-likeness (QED) is 0.178. The number of benzene rings is 2. The van der Waals surface area contributed by atoms with Gasteiger partial charge in [0, 0.05) is 59.4 Å². The van der Waals surface area contributed by atoms with E-state index in [0.29, 0.717) is 0 Å². The van der Waals surface area contributed by atoms with Crippen LogP contribution in [0, 0.1) is 0 Å². The molecule has 2 aromatic heterocycles. The number of para-hydroxylation sites is 2. The Hall–Kier alpha value is -0.950. The van der Waals surface area contributed by atoms with Gasteiger partial charge in [0.05, 0.1) is 0 Å². The van der Waals surface area contributed by atoms with Gasteiger partial charge in [0.1, 0.15) is 0 Å². The number of nitrogens with one attached hydrogen (secondary N) is 2. The standard InChI is InChI=1S/2C13H15NO.I2.HI/c2*1-13(2,3)10-8-9-6-4-5-7-11(9)14-12(10)15;1-2;/h2*4-8H,1-3H3,(H,14,15);;1H. The molecule has 0 saturated carbocycles. The first-order valence-electron chi connectivity index (χ1n) is 10.4. The minimum Gasteiger partial charge on any atom is -0.322 e. The smallest absolute Gasteiger partial charge is 0.252 e. The number of rotatable bonds is 0. The Labute approximate surface area is 235 Å². The Bertz CT molecular complexity index is 1210. The van der Waals surface area contributed by atoms with Crippen molar-refractivity contribution >= 4 is 83.0 Å². The summed E-state index contributed by atoms with van der Waals surface area (Å²) in [5, 5.41) is 2.17. The van der Waals surface area contributed by atoms with Crippen LogP contribution in [-0.4, -0.2) is 9.97 Å². The van der Waals surface area contributed by atoms with Crippen LogP contribution in [0.25, 0.3) is 21.8 Å². The van der Waals surface area contributed by atoms with E-state index in [1.54, 1.807) is 0 Å². The summed E-state index contributed by atoms with van der Waals surface area (Å²) in [6.45, 7) is 12.3. The molecule has 2 N–H and O–H groups in total. The summed E-state index contributed by atoms with van der Waals surface area (Å²) in [7, 11) is 0. The molecule has 0 unspecified atom stereocenters. The van der Waals surface area contributed by atoms with Gasteiger partial charge in [0.25, 0.3) is 11.1 Å². The second-order valence-electron chi connectivity index (χ2n) is 9.70. The fourth-order valence-corrected chi connectivity index (χ4v) is 3.41. The van der Waals surface area contributed by atoms with Crippen LogP contribution in [0.4, 0.5) is 0 Å². The van der Waals surface area contributed by atoms with E-state index in [1.165, 1.54) is 0 Å². The maximum atomic E-state index is 11.8. The van der Waals surface area contributed by atoms with E-state index in [-0.39, 0.29) is 45.9 Å². The first-order valence-corrected chi connectivity index (χ1v) is 16.6. The van der Waals surface area contributed by atoms with Gasteiger partial charge in [-0.15, -0.1) is 24.0 Å². The summed E-state index contributed by atoms with van der Waals surface area (Å²) >= 11 is 4.24. The van der Waals surface area contributed by atoms with E-state index >= 15 is 0 Å². The van der Waals surface area contributed by atoms with Crippen molar-refractivity contribution in [3.63, 3.8) is 0 Å². The Kier molecular flexibility index (Phi) is 11.5. The van der Waals surface area contributed by atoms with Crippen LogP contribution in [0.3, 0.4) is 0 Å². The average Bonchev–Trinajstić information content (AvgIpc) is 2.73. The van der Waals surface area contributed by atoms with Crippen molar-refractivity contribution < 1.29 is 0 Å². The molecule has 4 nitrogen and oxygen atoms in total. The van der Waals surface area contributed by atoms with Crippen molar-refractivity contribution in [1.82, 2.24) is 9.97 Å². The number of hydrogen-bond donors (Lipinski definition) is 2. The minimum absolute atomic E-state index is 0. The normalized spacial score (nSPS) is 11.0. The molecule has 0 spiro atoms. The molecule has 0 fully saturated rings. The van der Waals surface area contributed by atoms with Gasteiger partial charge in [0.2, 0.25) is 0 Å². The summed E-state index contributed by atoms with van der Waals surface area (Å²) in [6.07, 6.45) is 0. The van der Waals surface area contributed by atoms with Gasteiger partial charge in [-0.2, -0.15) is 0 Å². The van der Waals surface area contributed by atoms with Crippen LogP contribution in [0.2, 0.25) is 0 Å². The fraction of sp³-hybridized carbons (Fsp3) is 0.308. The van der Waals surface area contributed by atoms with E-state index < -0.39 is 0 Å². The Morgan fingerprint density at radius 2 is 0.909 bits per heavy atom. The van der Waals surface area contributed by atoms with E-state index in [4.69, 9.17) is 0 Å². The first-order chi connectivity index (χ1) is 15.0. The highest BCUT2D eigenvalue weighted by atomic mass is 128. The number of hydrogen-bond acceptors (Lipinski definition) is 2. The summed E-state index contributed by atoms with van der Waals surface area (Å²) in [4.78, 5) is 29.5. The molecule has 7 heteroatoms. The molecule has 0 atom stereocenters. The zero-order chi connectivity index (χ0) is 24.1. The fourth-order valence-electron chi connectivity index (χ4n) is 3.41. The van der Waals surface area contributed by atoms with E-state index in [9.17, 15) is 9.59 Å². The predicted molar refractivity (Wildman–Crippen MR) is 170 cm³/mol. The molecule has 0 aliphatic carbocycles. The van der Waals surface area contributed by atoms with Gasteiger partial charge in [-0.1, -0.05) is 77.9 Å². The number of fused-ring (bicyclic) bond motifs is 2. The third kappa shape index (κ3) is 8.05. The molecule has 178 valence electrons. The van der Waals surface area contributed by atoms with Gasteiger partial charge in [-0.25, -0.2) is 0 Å². The van der Waals surface area contributed by atoms with E-state index in [0.717, 1.165) is 32.9 Å². The molecule has 33 heavy (non-hydrogen) atoms. The Morgan fingerprint density at radius 3 is 1.21 bits per heavy atom. The lowest BCUT2D eigenvalue weighted by atomic mass is 9.87. The summed E-state index contributed by atoms with van der Waals surface area (Å²) in [6, 6.07) is 19.6. The number of aromatic nitrogens is 2. The minimum atomic E-state index is -0.113. The molecule has 0 bridgehead atoms. The second-order valence-corrected chi connectivity index (χ2v) is 9.70. The molecule has 0 saturated heterocycles. The molecule has 2 aromatic carbocycles. The number of aromatic amines is 2. The summed E-state index contributed by atoms with van der Waals surface area (Å²) < 4.78 is 0. The zero-order valence-corrected chi connectivity index (χ0v) is 26.4. The van der Waals surface area contributed by atoms with Crippen molar-refractivity contribution in [2.24, 2.45) is 0 Å². The van der Waals surface area contributed by atoms with Crippen molar-refractivity contribution in [3.05, 3.63) is 92.5 Å². The van der Waals surface area contributed by atoms with Crippen LogP contribution in [0.15, 0.2) is 70.3 Å². The zero-order valence-electron chi connectivity index (χ0n) is 19.8. The highest BCUT2D eigenvalue weighted by Crippen LogP contribution is 2.22. The second kappa shape index (κ2) is 12.7. The lowest BCUT2D eigenvalue weighted by Crippen LogP contribution is -2.24. The Balaban J connectivity index is 0.000000299. The first kappa shape index (κ1) is 30.1. The largest absolute Gasteiger partial charge is 0.322 e. The SMILES string of the molecule is CC(C)(C)c1cc2ccccc2[nH]c1=O.CC(C)(C)c1cc2ccccc2[nH]c1=O.I.II. The van der Waals surface area contributed by atoms with Gasteiger partial charge in [-0.3, -0.25) is 9.59 Å². The molecular weight excluding hydrogens is 753 g/mol. The maximum Gasteiger partial charge on any atom is 0.252 e. The molecule has 0 radical (unpaired) electrons. The molecular formula is C26H31I3N2O2. The van der Waals surface area contributed by atoms with Gasteiger partial charge >= 0.3 is 0 Å². The highest BCUT2D eigenvalue weighted by Gasteiger charge is 2.18. The van der Waals surface area contributed by atoms with Gasteiger partial charge < -0.3 is 9.97 Å². The lowest BCUT2D eigenvalue weighted by Gasteiger charge is -2.18. The molecule has 4 aromatic rings. The number of pyridine rings is 2. The van der Waals surface area contributed by atoms with Crippen LogP contribution in [0.5, 0.6) is 0 Å². The van der Waals surface area contributed by atoms with Gasteiger partial charge in [-0.05, 0) is 45.9 Å². The van der Waals surface area contributed by atoms with Crippen LogP contribution >= 0.6 is 61.2 Å².